The van der Waals surface area contributed by atoms with E-state index < -0.39 is 11.7 Å². The monoisotopic (exact) mass is 240 g/mol. The average Bonchev–Trinajstić information content (AvgIpc) is 2.18. The Morgan fingerprint density at radius 1 is 1.41 bits per heavy atom. The second-order valence-electron chi connectivity index (χ2n) is 5.31. The van der Waals surface area contributed by atoms with Gasteiger partial charge in [0.15, 0.2) is 0 Å². The zero-order valence-corrected chi connectivity index (χ0v) is 10.6. The summed E-state index contributed by atoms with van der Waals surface area (Å²) in [5.41, 5.74) is 7.96. The first-order valence-electron chi connectivity index (χ1n) is 5.96. The Bertz CT molecular complexity index is 318. The molecule has 96 valence electrons. The van der Waals surface area contributed by atoms with E-state index in [2.05, 4.69) is 15.3 Å². The molecule has 1 aliphatic rings. The number of ether oxygens (including phenoxy) is 1. The Morgan fingerprint density at radius 3 is 2.65 bits per heavy atom. The van der Waals surface area contributed by atoms with Crippen LogP contribution in [0.5, 0.6) is 0 Å². The minimum atomic E-state index is -0.507. The summed E-state index contributed by atoms with van der Waals surface area (Å²) in [5, 5.41) is 6.51. The van der Waals surface area contributed by atoms with Crippen molar-refractivity contribution in [1.29, 1.82) is 0 Å². The third-order valence-electron chi connectivity index (χ3n) is 2.63. The Hall–Kier alpha value is -1.42. The molecule has 1 saturated carbocycles. The van der Waals surface area contributed by atoms with Crippen molar-refractivity contribution in [2.45, 2.75) is 64.1 Å². The fourth-order valence-electron chi connectivity index (χ4n) is 1.94. The van der Waals surface area contributed by atoms with Crippen LogP contribution in [0.2, 0.25) is 0 Å². The van der Waals surface area contributed by atoms with Crippen molar-refractivity contribution in [1.82, 2.24) is 5.32 Å². The average molecular weight is 240 g/mol. The lowest BCUT2D eigenvalue weighted by Crippen LogP contribution is -2.46. The molecule has 0 heterocycles. The van der Waals surface area contributed by atoms with Crippen LogP contribution in [0.4, 0.5) is 4.79 Å². The zero-order valence-electron chi connectivity index (χ0n) is 10.6. The molecule has 1 aliphatic carbocycles. The summed E-state index contributed by atoms with van der Waals surface area (Å²) in [7, 11) is 0. The highest BCUT2D eigenvalue weighted by atomic mass is 16.6. The predicted molar refractivity (Wildman–Crippen MR) is 64.6 cm³/mol. The van der Waals surface area contributed by atoms with Crippen molar-refractivity contribution in [2.75, 3.05) is 0 Å². The largest absolute Gasteiger partial charge is 0.444 e. The number of hydrogen-bond donors (Lipinski definition) is 1. The number of alkyl carbamates (subject to hydrolysis) is 1. The second kappa shape index (κ2) is 5.77. The van der Waals surface area contributed by atoms with Crippen LogP contribution in [0, 0.1) is 0 Å². The van der Waals surface area contributed by atoms with Crippen molar-refractivity contribution in [3.05, 3.63) is 10.4 Å². The smallest absolute Gasteiger partial charge is 0.407 e. The van der Waals surface area contributed by atoms with Gasteiger partial charge in [-0.3, -0.25) is 0 Å². The third-order valence-corrected chi connectivity index (χ3v) is 2.63. The number of carbonyl (C=O) groups is 1. The lowest BCUT2D eigenvalue weighted by atomic mass is 9.91. The first-order chi connectivity index (χ1) is 7.92. The molecule has 0 aromatic carbocycles. The van der Waals surface area contributed by atoms with Crippen molar-refractivity contribution in [2.24, 2.45) is 5.11 Å². The van der Waals surface area contributed by atoms with Crippen LogP contribution in [0.3, 0.4) is 0 Å². The Balaban J connectivity index is 2.53. The molecule has 0 aromatic heterocycles. The molecular weight excluding hydrogens is 220 g/mol. The van der Waals surface area contributed by atoms with Crippen molar-refractivity contribution < 1.29 is 9.53 Å². The van der Waals surface area contributed by atoms with Crippen LogP contribution >= 0.6 is 0 Å². The molecule has 0 aliphatic heterocycles. The molecule has 2 atom stereocenters. The molecule has 0 unspecified atom stereocenters. The van der Waals surface area contributed by atoms with E-state index in [0.717, 1.165) is 25.7 Å². The number of hydrogen-bond acceptors (Lipinski definition) is 3. The van der Waals surface area contributed by atoms with Gasteiger partial charge in [-0.2, -0.15) is 0 Å². The van der Waals surface area contributed by atoms with Gasteiger partial charge in [-0.25, -0.2) is 4.79 Å². The van der Waals surface area contributed by atoms with Gasteiger partial charge in [-0.15, -0.1) is 0 Å². The molecule has 0 saturated heterocycles. The van der Waals surface area contributed by atoms with Crippen LogP contribution in [0.15, 0.2) is 5.11 Å². The van der Waals surface area contributed by atoms with Crippen LogP contribution in [0.1, 0.15) is 46.5 Å². The minimum Gasteiger partial charge on any atom is -0.444 e. The van der Waals surface area contributed by atoms with Crippen molar-refractivity contribution >= 4 is 6.09 Å². The summed E-state index contributed by atoms with van der Waals surface area (Å²) in [5.74, 6) is 0. The maximum absolute atomic E-state index is 11.6. The van der Waals surface area contributed by atoms with Gasteiger partial charge in [-0.05, 0) is 39.1 Å². The first-order valence-corrected chi connectivity index (χ1v) is 5.96. The number of nitrogens with one attached hydrogen (secondary N) is 1. The van der Waals surface area contributed by atoms with E-state index in [1.807, 2.05) is 20.8 Å². The van der Waals surface area contributed by atoms with Gasteiger partial charge >= 0.3 is 6.09 Å². The van der Waals surface area contributed by atoms with Crippen LogP contribution < -0.4 is 5.32 Å². The third kappa shape index (κ3) is 4.95. The molecular formula is C11H20N4O2. The Morgan fingerprint density at radius 2 is 2.06 bits per heavy atom. The number of rotatable bonds is 2. The van der Waals surface area contributed by atoms with Gasteiger partial charge in [0.25, 0.3) is 0 Å². The molecule has 0 spiro atoms. The molecule has 0 radical (unpaired) electrons. The molecule has 1 N–H and O–H groups in total. The summed E-state index contributed by atoms with van der Waals surface area (Å²) in [6.45, 7) is 5.45. The highest BCUT2D eigenvalue weighted by Crippen LogP contribution is 2.22. The van der Waals surface area contributed by atoms with E-state index in [1.165, 1.54) is 0 Å². The van der Waals surface area contributed by atoms with Crippen molar-refractivity contribution in [3.63, 3.8) is 0 Å². The van der Waals surface area contributed by atoms with Crippen LogP contribution in [-0.2, 0) is 4.74 Å². The van der Waals surface area contributed by atoms with E-state index >= 15 is 0 Å². The van der Waals surface area contributed by atoms with Gasteiger partial charge < -0.3 is 10.1 Å². The van der Waals surface area contributed by atoms with Gasteiger partial charge in [-0.1, -0.05) is 18.0 Å². The Kier molecular flexibility index (Phi) is 4.63. The summed E-state index contributed by atoms with van der Waals surface area (Å²) in [4.78, 5) is 14.4. The summed E-state index contributed by atoms with van der Waals surface area (Å²) in [6.07, 6.45) is 3.30. The molecule has 17 heavy (non-hydrogen) atoms. The molecule has 1 fully saturated rings. The number of nitrogens with zero attached hydrogens (tertiary/aromatic N) is 3. The van der Waals surface area contributed by atoms with E-state index in [9.17, 15) is 4.79 Å². The fourth-order valence-corrected chi connectivity index (χ4v) is 1.94. The van der Waals surface area contributed by atoms with E-state index in [0.29, 0.717) is 0 Å². The zero-order chi connectivity index (χ0) is 12.9. The quantitative estimate of drug-likeness (QED) is 0.456. The highest BCUT2D eigenvalue weighted by Gasteiger charge is 2.27. The number of carbonyl (C=O) groups excluding carboxylic acids is 1. The molecule has 0 aromatic rings. The SMILES string of the molecule is CC(C)(C)OC(=O)N[C@@H]1CCCC[C@H]1N=[N+]=[N-]. The van der Waals surface area contributed by atoms with E-state index in [-0.39, 0.29) is 12.1 Å². The number of azide groups is 1. The Labute approximate surface area is 101 Å². The summed E-state index contributed by atoms with van der Waals surface area (Å²) in [6, 6.07) is -0.254. The van der Waals surface area contributed by atoms with Crippen molar-refractivity contribution in [3.8, 4) is 0 Å². The molecule has 1 amide bonds. The van der Waals surface area contributed by atoms with Gasteiger partial charge in [0.2, 0.25) is 0 Å². The lowest BCUT2D eigenvalue weighted by Gasteiger charge is -2.30. The maximum atomic E-state index is 11.6. The normalized spacial score (nSPS) is 24.6. The first kappa shape index (κ1) is 13.6. The molecule has 1 rings (SSSR count). The van der Waals surface area contributed by atoms with Crippen LogP contribution in [-0.4, -0.2) is 23.8 Å². The van der Waals surface area contributed by atoms with Gasteiger partial charge in [0.05, 0.1) is 6.04 Å². The molecule has 0 bridgehead atoms. The van der Waals surface area contributed by atoms with Gasteiger partial charge in [0, 0.05) is 11.0 Å². The van der Waals surface area contributed by atoms with E-state index in [4.69, 9.17) is 10.3 Å². The summed E-state index contributed by atoms with van der Waals surface area (Å²) >= 11 is 0. The number of amides is 1. The lowest BCUT2D eigenvalue weighted by molar-refractivity contribution is 0.0486. The minimum absolute atomic E-state index is 0.102. The summed E-state index contributed by atoms with van der Waals surface area (Å²) < 4.78 is 5.18. The highest BCUT2D eigenvalue weighted by molar-refractivity contribution is 5.68. The van der Waals surface area contributed by atoms with Gasteiger partial charge in [0.1, 0.15) is 5.60 Å². The van der Waals surface area contributed by atoms with Crippen LogP contribution in [0.25, 0.3) is 10.4 Å². The second-order valence-corrected chi connectivity index (χ2v) is 5.31. The predicted octanol–water partition coefficient (Wildman–Crippen LogP) is 3.13. The van der Waals surface area contributed by atoms with E-state index in [1.54, 1.807) is 0 Å². The standard InChI is InChI=1S/C11H20N4O2/c1-11(2,3)17-10(16)13-8-6-4-5-7-9(8)14-15-12/h8-9H,4-7H2,1-3H3,(H,13,16)/t8-,9-/m1/s1. The topological polar surface area (TPSA) is 87.1 Å². The molecule has 6 nitrogen and oxygen atoms in total. The fraction of sp³-hybridized carbons (Fsp3) is 0.909. The molecule has 6 heteroatoms. The maximum Gasteiger partial charge on any atom is 0.407 e.